The average Bonchev–Trinajstić information content (AvgIpc) is 2.44. The topological polar surface area (TPSA) is 78.4 Å². The SMILES string of the molecule is CCC(CC)(NC(=O)NC(C)c1cccc(Br)c1)C(=O)O. The quantitative estimate of drug-likeness (QED) is 0.730. The van der Waals surface area contributed by atoms with Gasteiger partial charge < -0.3 is 15.7 Å². The fourth-order valence-corrected chi connectivity index (χ4v) is 2.51. The normalized spacial score (nSPS) is 12.6. The van der Waals surface area contributed by atoms with E-state index in [2.05, 4.69) is 26.6 Å². The number of halogens is 1. The van der Waals surface area contributed by atoms with Crippen LogP contribution in [-0.2, 0) is 4.79 Å². The fraction of sp³-hybridized carbons (Fsp3) is 0.467. The second-order valence-corrected chi connectivity index (χ2v) is 5.89. The number of amides is 2. The number of carboxylic acids is 1. The molecule has 0 fully saturated rings. The van der Waals surface area contributed by atoms with Gasteiger partial charge in [0.1, 0.15) is 5.54 Å². The van der Waals surface area contributed by atoms with Gasteiger partial charge in [-0.15, -0.1) is 0 Å². The Hall–Kier alpha value is -1.56. The summed E-state index contributed by atoms with van der Waals surface area (Å²) in [5.41, 5.74) is -0.283. The van der Waals surface area contributed by atoms with Crippen molar-refractivity contribution < 1.29 is 14.7 Å². The van der Waals surface area contributed by atoms with Crippen molar-refractivity contribution in [1.29, 1.82) is 0 Å². The Kier molecular flexibility index (Phi) is 6.20. The molecule has 0 radical (unpaired) electrons. The highest BCUT2D eigenvalue weighted by molar-refractivity contribution is 9.10. The van der Waals surface area contributed by atoms with E-state index in [1.54, 1.807) is 13.8 Å². The molecule has 6 heteroatoms. The molecule has 0 spiro atoms. The summed E-state index contributed by atoms with van der Waals surface area (Å²) < 4.78 is 0.927. The number of carbonyl (C=O) groups is 2. The van der Waals surface area contributed by atoms with E-state index >= 15 is 0 Å². The predicted molar refractivity (Wildman–Crippen MR) is 85.2 cm³/mol. The molecule has 0 aliphatic carbocycles. The zero-order chi connectivity index (χ0) is 16.0. The Bertz CT molecular complexity index is 515. The lowest BCUT2D eigenvalue weighted by Gasteiger charge is -2.29. The molecule has 0 aliphatic rings. The van der Waals surface area contributed by atoms with Crippen LogP contribution in [0, 0.1) is 0 Å². The number of rotatable bonds is 6. The number of nitrogens with one attached hydrogen (secondary N) is 2. The molecular weight excluding hydrogens is 336 g/mol. The van der Waals surface area contributed by atoms with Crippen molar-refractivity contribution in [3.05, 3.63) is 34.3 Å². The largest absolute Gasteiger partial charge is 0.480 e. The first kappa shape index (κ1) is 17.5. The van der Waals surface area contributed by atoms with Gasteiger partial charge in [-0.3, -0.25) is 0 Å². The molecule has 0 saturated carbocycles. The van der Waals surface area contributed by atoms with Gasteiger partial charge in [-0.2, -0.15) is 0 Å². The van der Waals surface area contributed by atoms with Gasteiger partial charge >= 0.3 is 12.0 Å². The average molecular weight is 357 g/mol. The molecule has 3 N–H and O–H groups in total. The molecule has 1 aromatic rings. The summed E-state index contributed by atoms with van der Waals surface area (Å²) in [5.74, 6) is -1.02. The van der Waals surface area contributed by atoms with Gasteiger partial charge in [-0.25, -0.2) is 9.59 Å². The molecule has 1 unspecified atom stereocenters. The standard InChI is InChI=1S/C15H21BrN2O3/c1-4-15(5-2,13(19)20)18-14(21)17-10(3)11-7-6-8-12(16)9-11/h6-10H,4-5H2,1-3H3,(H,19,20)(H2,17,18,21). The van der Waals surface area contributed by atoms with Crippen LogP contribution in [0.25, 0.3) is 0 Å². The first-order valence-corrected chi connectivity index (χ1v) is 7.71. The summed E-state index contributed by atoms with van der Waals surface area (Å²) >= 11 is 3.38. The number of aliphatic carboxylic acids is 1. The van der Waals surface area contributed by atoms with Crippen molar-refractivity contribution in [3.63, 3.8) is 0 Å². The van der Waals surface area contributed by atoms with E-state index < -0.39 is 17.5 Å². The summed E-state index contributed by atoms with van der Waals surface area (Å²) in [4.78, 5) is 23.4. The number of benzene rings is 1. The second kappa shape index (κ2) is 7.45. The molecule has 1 atom stereocenters. The number of urea groups is 1. The summed E-state index contributed by atoms with van der Waals surface area (Å²) in [6.45, 7) is 5.34. The van der Waals surface area contributed by atoms with Crippen LogP contribution >= 0.6 is 15.9 Å². The zero-order valence-electron chi connectivity index (χ0n) is 12.4. The van der Waals surface area contributed by atoms with Gasteiger partial charge in [-0.05, 0) is 37.5 Å². The molecule has 0 aliphatic heterocycles. The van der Waals surface area contributed by atoms with Crippen LogP contribution in [0.1, 0.15) is 45.2 Å². The lowest BCUT2D eigenvalue weighted by molar-refractivity contribution is -0.144. The number of carbonyl (C=O) groups excluding carboxylic acids is 1. The zero-order valence-corrected chi connectivity index (χ0v) is 14.0. The van der Waals surface area contributed by atoms with Crippen LogP contribution in [0.2, 0.25) is 0 Å². The van der Waals surface area contributed by atoms with Gasteiger partial charge in [0, 0.05) is 4.47 Å². The van der Waals surface area contributed by atoms with Crippen molar-refractivity contribution >= 4 is 27.9 Å². The highest BCUT2D eigenvalue weighted by Gasteiger charge is 2.36. The highest BCUT2D eigenvalue weighted by Crippen LogP contribution is 2.19. The van der Waals surface area contributed by atoms with Crippen molar-refractivity contribution in [2.75, 3.05) is 0 Å². The third-order valence-electron chi connectivity index (χ3n) is 3.67. The first-order chi connectivity index (χ1) is 9.84. The number of hydrogen-bond donors (Lipinski definition) is 3. The van der Waals surface area contributed by atoms with Crippen LogP contribution in [0.15, 0.2) is 28.7 Å². The third-order valence-corrected chi connectivity index (χ3v) is 4.16. The van der Waals surface area contributed by atoms with Gasteiger partial charge in [0.15, 0.2) is 0 Å². The van der Waals surface area contributed by atoms with E-state index in [0.29, 0.717) is 12.8 Å². The van der Waals surface area contributed by atoms with Crippen LogP contribution in [0.3, 0.4) is 0 Å². The predicted octanol–water partition coefficient (Wildman–Crippen LogP) is 3.45. The maximum atomic E-state index is 12.1. The molecule has 116 valence electrons. The third kappa shape index (κ3) is 4.46. The van der Waals surface area contributed by atoms with Gasteiger partial charge in [0.2, 0.25) is 0 Å². The number of hydrogen-bond acceptors (Lipinski definition) is 2. The minimum atomic E-state index is -1.22. The number of carboxylic acid groups (broad SMARTS) is 1. The lowest BCUT2D eigenvalue weighted by Crippen LogP contribution is -2.56. The van der Waals surface area contributed by atoms with Crippen molar-refractivity contribution in [2.24, 2.45) is 0 Å². The van der Waals surface area contributed by atoms with E-state index in [1.165, 1.54) is 0 Å². The van der Waals surface area contributed by atoms with E-state index in [4.69, 9.17) is 0 Å². The maximum absolute atomic E-state index is 12.1. The molecule has 0 aromatic heterocycles. The van der Waals surface area contributed by atoms with Crippen LogP contribution in [0.4, 0.5) is 4.79 Å². The Morgan fingerprint density at radius 3 is 2.43 bits per heavy atom. The molecule has 5 nitrogen and oxygen atoms in total. The van der Waals surface area contributed by atoms with Crippen LogP contribution in [-0.4, -0.2) is 22.6 Å². The van der Waals surface area contributed by atoms with E-state index in [0.717, 1.165) is 10.0 Å². The molecule has 0 heterocycles. The molecule has 0 bridgehead atoms. The highest BCUT2D eigenvalue weighted by atomic mass is 79.9. The van der Waals surface area contributed by atoms with Crippen molar-refractivity contribution in [3.8, 4) is 0 Å². The summed E-state index contributed by atoms with van der Waals surface area (Å²) in [6, 6.07) is 6.90. The molecule has 1 rings (SSSR count). The van der Waals surface area contributed by atoms with Crippen LogP contribution in [0.5, 0.6) is 0 Å². The van der Waals surface area contributed by atoms with Crippen LogP contribution < -0.4 is 10.6 Å². The summed E-state index contributed by atoms with van der Waals surface area (Å²) in [5, 5.41) is 14.7. The van der Waals surface area contributed by atoms with Gasteiger partial charge in [0.05, 0.1) is 6.04 Å². The molecular formula is C15H21BrN2O3. The summed E-state index contributed by atoms with van der Waals surface area (Å²) in [6.07, 6.45) is 0.662. The fourth-order valence-electron chi connectivity index (χ4n) is 2.09. The van der Waals surface area contributed by atoms with E-state index in [-0.39, 0.29) is 6.04 Å². The minimum Gasteiger partial charge on any atom is -0.480 e. The van der Waals surface area contributed by atoms with E-state index in [1.807, 2.05) is 31.2 Å². The monoisotopic (exact) mass is 356 g/mol. The van der Waals surface area contributed by atoms with Gasteiger partial charge in [0.25, 0.3) is 0 Å². The Morgan fingerprint density at radius 2 is 1.95 bits per heavy atom. The lowest BCUT2D eigenvalue weighted by atomic mass is 9.93. The van der Waals surface area contributed by atoms with Crippen molar-refractivity contribution in [1.82, 2.24) is 10.6 Å². The molecule has 2 amide bonds. The Labute approximate surface area is 133 Å². The minimum absolute atomic E-state index is 0.220. The summed E-state index contributed by atoms with van der Waals surface area (Å²) in [7, 11) is 0. The smallest absolute Gasteiger partial charge is 0.329 e. The molecule has 1 aromatic carbocycles. The Balaban J connectivity index is 2.75. The van der Waals surface area contributed by atoms with Gasteiger partial charge in [-0.1, -0.05) is 41.9 Å². The van der Waals surface area contributed by atoms with E-state index in [9.17, 15) is 14.7 Å². The first-order valence-electron chi connectivity index (χ1n) is 6.92. The molecule has 21 heavy (non-hydrogen) atoms. The second-order valence-electron chi connectivity index (χ2n) is 4.97. The Morgan fingerprint density at radius 1 is 1.33 bits per heavy atom. The maximum Gasteiger partial charge on any atom is 0.329 e. The van der Waals surface area contributed by atoms with Crippen molar-refractivity contribution in [2.45, 2.75) is 45.2 Å². The molecule has 0 saturated heterocycles.